The summed E-state index contributed by atoms with van der Waals surface area (Å²) in [5.74, 6) is 0. The Morgan fingerprint density at radius 1 is 0.455 bits per heavy atom. The zero-order valence-corrected chi connectivity index (χ0v) is 17.0. The molecule has 0 spiro atoms. The molecule has 0 aliphatic rings. The molecule has 22 heteroatoms. The molecule has 0 aromatic heterocycles. The molecule has 0 aromatic rings. The molecule has 0 aliphatic heterocycles. The van der Waals surface area contributed by atoms with E-state index in [9.17, 15) is 10.6 Å². The molecule has 22 heavy (non-hydrogen) atoms. The Hall–Kier alpha value is 2.25. The molecule has 0 saturated heterocycles. The van der Waals surface area contributed by atoms with E-state index < -0.39 is 23.5 Å². The number of hydrogen-bond acceptors (Lipinski definition) is 12. The van der Waals surface area contributed by atoms with Gasteiger partial charge in [0.15, 0.2) is 0 Å². The second kappa shape index (κ2) is 28.1. The Balaban J connectivity index is -0.0000000257. The average Bonchev–Trinajstić information content (AvgIpc) is 2.18. The van der Waals surface area contributed by atoms with Gasteiger partial charge in [0.25, 0.3) is 0 Å². The summed E-state index contributed by atoms with van der Waals surface area (Å²) < 4.78 is 53.9. The molecule has 0 heterocycles. The Morgan fingerprint density at radius 3 is 0.455 bits per heavy atom. The van der Waals surface area contributed by atoms with Gasteiger partial charge in [-0.05, 0) is 0 Å². The van der Waals surface area contributed by atoms with Gasteiger partial charge in [-0.1, -0.05) is 0 Å². The third-order valence-corrected chi connectivity index (χ3v) is 0. The molecule has 0 radical (unpaired) electrons. The van der Waals surface area contributed by atoms with Crippen LogP contribution in [0.1, 0.15) is 0 Å². The first-order valence-electron chi connectivity index (χ1n) is 2.85. The molecule has 0 unspecified atom stereocenters. The Kier molecular flexibility index (Phi) is 56.2. The van der Waals surface area contributed by atoms with E-state index in [-0.39, 0.29) is 17.4 Å². The molecule has 0 atom stereocenters. The van der Waals surface area contributed by atoms with Crippen molar-refractivity contribution in [3.63, 3.8) is 0 Å². The predicted molar refractivity (Wildman–Crippen MR) is 49.2 cm³/mol. The SMILES string of the molecule is O=P([O-])([O-])[O-].O=P([O-])([O-])[O-].O=P([O-])([O-])[O-].[Al+3].[F][Al+2].[F][Al+2].[F][Al+2]. The zero-order chi connectivity index (χ0) is 19.5. The Labute approximate surface area is 158 Å². The van der Waals surface area contributed by atoms with Gasteiger partial charge in [0.1, 0.15) is 0 Å². The molecule has 0 aliphatic carbocycles. The fourth-order valence-corrected chi connectivity index (χ4v) is 0. The monoisotopic (exact) mass is 450 g/mol. The predicted octanol–water partition coefficient (Wildman–Crippen LogP) is -8.74. The molecule has 0 amide bonds. The van der Waals surface area contributed by atoms with Crippen LogP contribution < -0.4 is 44.0 Å². The van der Waals surface area contributed by atoms with Crippen molar-refractivity contribution < 1.29 is 68.3 Å². The van der Waals surface area contributed by atoms with Crippen LogP contribution in [0, 0.1) is 0 Å². The van der Waals surface area contributed by atoms with Crippen LogP contribution in [0.2, 0.25) is 0 Å². The van der Waals surface area contributed by atoms with Crippen molar-refractivity contribution in [1.29, 1.82) is 0 Å². The van der Waals surface area contributed by atoms with Crippen LogP contribution in [0.25, 0.3) is 0 Å². The van der Waals surface area contributed by atoms with Crippen molar-refractivity contribution in [3.8, 4) is 0 Å². The fraction of sp³-hybridized carbons (Fsp3) is 0. The molecule has 0 rings (SSSR count). The molecule has 12 nitrogen and oxygen atoms in total. The first-order valence-corrected chi connectivity index (χ1v) is 8.54. The second-order valence-corrected chi connectivity index (χ2v) is 4.02. The first kappa shape index (κ1) is 44.1. The van der Waals surface area contributed by atoms with E-state index in [4.69, 9.17) is 57.7 Å². The van der Waals surface area contributed by atoms with E-state index in [0.717, 1.165) is 50.2 Å². The van der Waals surface area contributed by atoms with E-state index >= 15 is 0 Å². The fourth-order valence-electron chi connectivity index (χ4n) is 0. The van der Waals surface area contributed by atoms with Gasteiger partial charge in [-0.2, -0.15) is 23.5 Å². The van der Waals surface area contributed by atoms with Crippen LogP contribution in [-0.4, -0.2) is 67.6 Å². The summed E-state index contributed by atoms with van der Waals surface area (Å²) in [6.45, 7) is 0. The topological polar surface area (TPSA) is 259 Å². The maximum absolute atomic E-state index is 9.42. The van der Waals surface area contributed by atoms with E-state index in [0.29, 0.717) is 0 Å². The normalized spacial score (nSPS) is 9.00. The molecular formula is Al4F3O12P3. The van der Waals surface area contributed by atoms with Gasteiger partial charge in [0, 0.05) is 0 Å². The quantitative estimate of drug-likeness (QED) is 0.246. The van der Waals surface area contributed by atoms with Crippen LogP contribution in [0.5, 0.6) is 0 Å². The summed E-state index contributed by atoms with van der Waals surface area (Å²) in [5.41, 5.74) is 0. The molecule has 0 fully saturated rings. The second-order valence-electron chi connectivity index (χ2n) is 1.34. The van der Waals surface area contributed by atoms with Gasteiger partial charge in [-0.25, -0.2) is 0 Å². The van der Waals surface area contributed by atoms with E-state index in [1.54, 1.807) is 0 Å². The summed E-state index contributed by atoms with van der Waals surface area (Å²) in [7, 11) is -16.2. The Bertz CT molecular complexity index is 224. The summed E-state index contributed by atoms with van der Waals surface area (Å²) in [6, 6.07) is 0. The van der Waals surface area contributed by atoms with E-state index in [2.05, 4.69) is 0 Å². The molecule has 0 bridgehead atoms. The van der Waals surface area contributed by atoms with Crippen LogP contribution in [-0.2, 0) is 13.7 Å². The number of phosphoric acid groups is 3. The zero-order valence-electron chi connectivity index (χ0n) is 9.68. The molecule has 120 valence electrons. The Morgan fingerprint density at radius 2 is 0.455 bits per heavy atom. The van der Waals surface area contributed by atoms with Crippen molar-refractivity contribution in [2.45, 2.75) is 0 Å². The van der Waals surface area contributed by atoms with Crippen LogP contribution in [0.15, 0.2) is 0 Å². The van der Waals surface area contributed by atoms with Gasteiger partial charge in [0.05, 0.1) is 0 Å². The van der Waals surface area contributed by atoms with Crippen molar-refractivity contribution in [1.82, 2.24) is 0 Å². The van der Waals surface area contributed by atoms with Gasteiger partial charge in [0.2, 0.25) is 0 Å². The number of hydrogen-bond donors (Lipinski definition) is 0. The molecule has 0 N–H and O–H groups in total. The van der Waals surface area contributed by atoms with E-state index in [1.165, 1.54) is 0 Å². The maximum atomic E-state index is 9.42. The molecule has 0 saturated carbocycles. The molecular weight excluding hydrogens is 450 g/mol. The summed E-state index contributed by atoms with van der Waals surface area (Å²) >= 11 is 2.75. The number of rotatable bonds is 0. The summed E-state index contributed by atoms with van der Waals surface area (Å²) in [6.07, 6.45) is 0. The van der Waals surface area contributed by atoms with Crippen LogP contribution >= 0.6 is 23.5 Å². The average molecular weight is 450 g/mol. The minimum atomic E-state index is -5.39. The van der Waals surface area contributed by atoms with E-state index in [1.807, 2.05) is 0 Å². The van der Waals surface area contributed by atoms with Gasteiger partial charge < -0.3 is 57.7 Å². The standard InChI is InChI=1S/4Al.3FH.3H3O4P/c;;;;;;;3*1-5(2,3)4/h;;;;3*1H;3*(H3,1,2,3,4)/q4*+3;;;;;;/p-12. The third kappa shape index (κ3) is 1980. The summed E-state index contributed by atoms with van der Waals surface area (Å²) in [4.78, 5) is 76.9. The minimum absolute atomic E-state index is 0. The van der Waals surface area contributed by atoms with Crippen molar-refractivity contribution in [3.05, 3.63) is 0 Å². The third-order valence-electron chi connectivity index (χ3n) is 0. The molecule has 0 aromatic carbocycles. The first-order chi connectivity index (χ1) is 9.00. The van der Waals surface area contributed by atoms with Crippen molar-refractivity contribution in [2.24, 2.45) is 0 Å². The van der Waals surface area contributed by atoms with Gasteiger partial charge in [-0.15, -0.1) is 0 Å². The van der Waals surface area contributed by atoms with Gasteiger partial charge in [-0.3, -0.25) is 0 Å². The number of halogens is 3. The van der Waals surface area contributed by atoms with Crippen molar-refractivity contribution in [2.75, 3.05) is 0 Å². The van der Waals surface area contributed by atoms with Crippen LogP contribution in [0.3, 0.4) is 0 Å². The van der Waals surface area contributed by atoms with Gasteiger partial charge >= 0.3 is 78.2 Å². The van der Waals surface area contributed by atoms with Crippen LogP contribution in [0.4, 0.5) is 10.6 Å². The van der Waals surface area contributed by atoms with Crippen molar-refractivity contribution >= 4 is 91.1 Å². The summed E-state index contributed by atoms with van der Waals surface area (Å²) in [5, 5.41) is 0.